The molecule has 1 unspecified atom stereocenters. The Morgan fingerprint density at radius 3 is 2.94 bits per heavy atom. The summed E-state index contributed by atoms with van der Waals surface area (Å²) in [4.78, 5) is 11.9. The van der Waals surface area contributed by atoms with Crippen LogP contribution in [-0.2, 0) is 22.5 Å². The third-order valence-electron chi connectivity index (χ3n) is 6.41. The molecule has 0 bridgehead atoms. The Morgan fingerprint density at radius 2 is 2.12 bits per heavy atom. The maximum Gasteiger partial charge on any atom is 0.307 e. The highest BCUT2D eigenvalue weighted by atomic mass is 32.1. The van der Waals surface area contributed by atoms with Crippen LogP contribution in [0.3, 0.4) is 0 Å². The summed E-state index contributed by atoms with van der Waals surface area (Å²) in [5.74, 6) is 1.03. The van der Waals surface area contributed by atoms with Gasteiger partial charge in [-0.15, -0.1) is 5.10 Å². The summed E-state index contributed by atoms with van der Waals surface area (Å²) in [6, 6.07) is 17.8. The molecule has 0 spiro atoms. The zero-order valence-electron chi connectivity index (χ0n) is 19.3. The summed E-state index contributed by atoms with van der Waals surface area (Å²) in [5.41, 5.74) is 2.69. The van der Waals surface area contributed by atoms with Crippen molar-refractivity contribution in [2.24, 2.45) is 0 Å². The molecule has 34 heavy (non-hydrogen) atoms. The fraction of sp³-hybridized carbons (Fsp3) is 0.385. The Labute approximate surface area is 203 Å². The lowest BCUT2D eigenvalue weighted by molar-refractivity contribution is -0.143. The van der Waals surface area contributed by atoms with Crippen LogP contribution in [0.2, 0.25) is 0 Å². The molecule has 7 nitrogen and oxygen atoms in total. The number of nitrogens with zero attached hydrogens (tertiary/aromatic N) is 4. The van der Waals surface area contributed by atoms with Crippen molar-refractivity contribution in [2.75, 3.05) is 6.61 Å². The summed E-state index contributed by atoms with van der Waals surface area (Å²) < 4.78 is 6.82. The number of hydrogen-bond donors (Lipinski definition) is 1. The number of ether oxygens (including phenoxy) is 1. The van der Waals surface area contributed by atoms with Gasteiger partial charge in [0.05, 0.1) is 25.6 Å². The van der Waals surface area contributed by atoms with Gasteiger partial charge in [-0.1, -0.05) is 42.5 Å². The largest absolute Gasteiger partial charge is 0.466 e. The number of thiophene rings is 1. The molecule has 1 aliphatic carbocycles. The monoisotopic (exact) mass is 475 g/mol. The van der Waals surface area contributed by atoms with E-state index in [1.165, 1.54) is 21.9 Å². The van der Waals surface area contributed by atoms with E-state index in [4.69, 9.17) is 4.74 Å². The second kappa shape index (κ2) is 10.4. The molecule has 176 valence electrons. The number of nitrogens with one attached hydrogen (secondary N) is 1. The number of rotatable bonds is 11. The van der Waals surface area contributed by atoms with Gasteiger partial charge in [0.1, 0.15) is 0 Å². The van der Waals surface area contributed by atoms with Gasteiger partial charge in [0.25, 0.3) is 0 Å². The van der Waals surface area contributed by atoms with Crippen molar-refractivity contribution < 1.29 is 9.53 Å². The highest BCUT2D eigenvalue weighted by Crippen LogP contribution is 2.43. The van der Waals surface area contributed by atoms with Gasteiger partial charge in [-0.25, -0.2) is 4.68 Å². The van der Waals surface area contributed by atoms with Gasteiger partial charge in [-0.05, 0) is 75.3 Å². The number of fused-ring (bicyclic) bond motifs is 1. The van der Waals surface area contributed by atoms with Gasteiger partial charge >= 0.3 is 5.97 Å². The van der Waals surface area contributed by atoms with Crippen molar-refractivity contribution in [3.05, 3.63) is 76.2 Å². The van der Waals surface area contributed by atoms with Crippen LogP contribution in [0.5, 0.6) is 0 Å². The summed E-state index contributed by atoms with van der Waals surface area (Å²) in [6.45, 7) is 2.60. The lowest BCUT2D eigenvalue weighted by atomic mass is 10.0. The van der Waals surface area contributed by atoms with Crippen molar-refractivity contribution in [1.82, 2.24) is 25.5 Å². The molecule has 2 heterocycles. The molecule has 1 aliphatic rings. The number of aromatic nitrogens is 4. The summed E-state index contributed by atoms with van der Waals surface area (Å²) >= 11 is 1.72. The zero-order chi connectivity index (χ0) is 23.3. The number of carbonyl (C=O) groups is 1. The fourth-order valence-electron chi connectivity index (χ4n) is 4.53. The first-order valence-electron chi connectivity index (χ1n) is 11.9. The standard InChI is InChI=1S/C26H29N5O2S/c1-2-33-25(32)11-13-31-26(28-29-30-31)23(10-7-18-12-14-34-17-18)27-24-16-22(24)21-9-8-19-5-3-4-6-20(19)15-21/h3-6,8-9,12,14-15,17,22-24,27H,2,7,10-11,13,16H2,1H3/t22-,23?,24+/m0/s1. The molecule has 8 heteroatoms. The quantitative estimate of drug-likeness (QED) is 0.318. The maximum absolute atomic E-state index is 11.9. The average Bonchev–Trinajstić information content (AvgIpc) is 3.22. The van der Waals surface area contributed by atoms with E-state index in [0.717, 1.165) is 25.1 Å². The molecular formula is C26H29N5O2S. The Bertz CT molecular complexity index is 1240. The van der Waals surface area contributed by atoms with Gasteiger partial charge in [-0.3, -0.25) is 4.79 Å². The van der Waals surface area contributed by atoms with Gasteiger partial charge in [0.2, 0.25) is 0 Å². The number of benzene rings is 2. The predicted molar refractivity (Wildman–Crippen MR) is 133 cm³/mol. The van der Waals surface area contributed by atoms with Crippen LogP contribution < -0.4 is 5.32 Å². The minimum atomic E-state index is -0.231. The first-order valence-corrected chi connectivity index (χ1v) is 12.8. The SMILES string of the molecule is CCOC(=O)CCn1nnnc1C(CCc1ccsc1)N[C@@H]1C[C@H]1c1ccc2ccccc2c1. The fourth-order valence-corrected chi connectivity index (χ4v) is 5.23. The average molecular weight is 476 g/mol. The topological polar surface area (TPSA) is 81.9 Å². The Hall–Kier alpha value is -3.10. The lowest BCUT2D eigenvalue weighted by Crippen LogP contribution is -2.28. The summed E-state index contributed by atoms with van der Waals surface area (Å²) in [6.07, 6.45) is 3.18. The number of aryl methyl sites for hydroxylation is 2. The van der Waals surface area contributed by atoms with Crippen LogP contribution in [0, 0.1) is 0 Å². The second-order valence-corrected chi connectivity index (χ2v) is 9.54. The number of tetrazole rings is 1. The van der Waals surface area contributed by atoms with E-state index in [9.17, 15) is 4.79 Å². The van der Waals surface area contributed by atoms with E-state index in [1.807, 2.05) is 6.92 Å². The van der Waals surface area contributed by atoms with E-state index in [1.54, 1.807) is 16.0 Å². The first kappa shape index (κ1) is 22.7. The predicted octanol–water partition coefficient (Wildman–Crippen LogP) is 4.66. The molecule has 4 aromatic rings. The van der Waals surface area contributed by atoms with Gasteiger partial charge in [0, 0.05) is 12.0 Å². The van der Waals surface area contributed by atoms with E-state index in [-0.39, 0.29) is 18.4 Å². The van der Waals surface area contributed by atoms with Crippen molar-refractivity contribution in [2.45, 2.75) is 57.2 Å². The van der Waals surface area contributed by atoms with Crippen LogP contribution in [0.1, 0.15) is 55.1 Å². The number of esters is 1. The van der Waals surface area contributed by atoms with Crippen LogP contribution >= 0.6 is 11.3 Å². The van der Waals surface area contributed by atoms with Gasteiger partial charge < -0.3 is 10.1 Å². The molecule has 2 aromatic carbocycles. The van der Waals surface area contributed by atoms with Crippen LogP contribution in [-0.4, -0.2) is 38.8 Å². The molecule has 1 fully saturated rings. The Kier molecular flexibility index (Phi) is 6.97. The van der Waals surface area contributed by atoms with Crippen LogP contribution in [0.25, 0.3) is 10.8 Å². The molecule has 0 radical (unpaired) electrons. The number of carbonyl (C=O) groups excluding carboxylic acids is 1. The normalized spacial score (nSPS) is 18.1. The molecule has 1 saturated carbocycles. The third kappa shape index (κ3) is 5.34. The molecule has 0 saturated heterocycles. The first-order chi connectivity index (χ1) is 16.7. The zero-order valence-corrected chi connectivity index (χ0v) is 20.1. The van der Waals surface area contributed by atoms with Crippen molar-refractivity contribution in [3.8, 4) is 0 Å². The van der Waals surface area contributed by atoms with E-state index >= 15 is 0 Å². The smallest absolute Gasteiger partial charge is 0.307 e. The molecule has 1 N–H and O–H groups in total. The molecule has 0 aliphatic heterocycles. The molecule has 2 aromatic heterocycles. The molecular weight excluding hydrogens is 446 g/mol. The van der Waals surface area contributed by atoms with E-state index < -0.39 is 0 Å². The van der Waals surface area contributed by atoms with E-state index in [0.29, 0.717) is 25.1 Å². The van der Waals surface area contributed by atoms with Gasteiger partial charge in [0.15, 0.2) is 5.82 Å². The van der Waals surface area contributed by atoms with Crippen molar-refractivity contribution >= 4 is 28.1 Å². The van der Waals surface area contributed by atoms with Crippen LogP contribution in [0.15, 0.2) is 59.3 Å². The third-order valence-corrected chi connectivity index (χ3v) is 7.15. The lowest BCUT2D eigenvalue weighted by Gasteiger charge is -2.18. The Morgan fingerprint density at radius 1 is 1.24 bits per heavy atom. The molecule has 3 atom stereocenters. The van der Waals surface area contributed by atoms with Gasteiger partial charge in [-0.2, -0.15) is 11.3 Å². The highest BCUT2D eigenvalue weighted by Gasteiger charge is 2.40. The second-order valence-electron chi connectivity index (χ2n) is 8.76. The maximum atomic E-state index is 11.9. The molecule has 5 rings (SSSR count). The summed E-state index contributed by atoms with van der Waals surface area (Å²) in [5, 5.41) is 23.1. The highest BCUT2D eigenvalue weighted by molar-refractivity contribution is 7.07. The summed E-state index contributed by atoms with van der Waals surface area (Å²) in [7, 11) is 0. The minimum Gasteiger partial charge on any atom is -0.466 e. The van der Waals surface area contributed by atoms with Crippen molar-refractivity contribution in [3.63, 3.8) is 0 Å². The van der Waals surface area contributed by atoms with Crippen molar-refractivity contribution in [1.29, 1.82) is 0 Å². The molecule has 0 amide bonds. The number of hydrogen-bond acceptors (Lipinski definition) is 7. The Balaban J connectivity index is 1.30. The minimum absolute atomic E-state index is 0.00699. The van der Waals surface area contributed by atoms with Crippen LogP contribution in [0.4, 0.5) is 0 Å². The van der Waals surface area contributed by atoms with E-state index in [2.05, 4.69) is 80.1 Å².